The molecule has 0 aliphatic carbocycles. The highest BCUT2D eigenvalue weighted by Crippen LogP contribution is 2.45. The van der Waals surface area contributed by atoms with Gasteiger partial charge in [-0.25, -0.2) is 0 Å². The third-order valence-corrected chi connectivity index (χ3v) is 5.13. The van der Waals surface area contributed by atoms with Gasteiger partial charge < -0.3 is 0 Å². The quantitative estimate of drug-likeness (QED) is 0.565. The SMILES string of the molecule is FC(F)(F)C(Br)c1csc2c(Br)cccc12. The molecule has 1 heterocycles. The summed E-state index contributed by atoms with van der Waals surface area (Å²) in [7, 11) is 0. The third kappa shape index (κ3) is 2.15. The lowest BCUT2D eigenvalue weighted by Gasteiger charge is -2.13. The fourth-order valence-electron chi connectivity index (χ4n) is 1.41. The van der Waals surface area contributed by atoms with Gasteiger partial charge in [0.15, 0.2) is 0 Å². The zero-order chi connectivity index (χ0) is 11.9. The molecule has 2 rings (SSSR count). The van der Waals surface area contributed by atoms with Gasteiger partial charge in [0.25, 0.3) is 0 Å². The average molecular weight is 374 g/mol. The molecule has 86 valence electrons. The first kappa shape index (κ1) is 12.4. The molecule has 0 spiro atoms. The fraction of sp³-hybridized carbons (Fsp3) is 0.200. The van der Waals surface area contributed by atoms with Crippen LogP contribution in [0.15, 0.2) is 28.1 Å². The van der Waals surface area contributed by atoms with Crippen LogP contribution >= 0.6 is 43.2 Å². The van der Waals surface area contributed by atoms with E-state index in [0.717, 1.165) is 9.17 Å². The van der Waals surface area contributed by atoms with E-state index in [-0.39, 0.29) is 5.56 Å². The molecule has 1 unspecified atom stereocenters. The van der Waals surface area contributed by atoms with Crippen LogP contribution in [-0.4, -0.2) is 6.18 Å². The highest BCUT2D eigenvalue weighted by atomic mass is 79.9. The first-order chi connectivity index (χ1) is 7.41. The van der Waals surface area contributed by atoms with E-state index in [1.807, 2.05) is 6.07 Å². The Bertz CT molecular complexity index is 518. The summed E-state index contributed by atoms with van der Waals surface area (Å²) in [6.07, 6.45) is -4.27. The minimum atomic E-state index is -4.27. The lowest BCUT2D eigenvalue weighted by molar-refractivity contribution is -0.127. The van der Waals surface area contributed by atoms with Crippen LogP contribution in [0, 0.1) is 0 Å². The fourth-order valence-corrected chi connectivity index (χ4v) is 3.62. The summed E-state index contributed by atoms with van der Waals surface area (Å²) in [5.74, 6) is 0. The van der Waals surface area contributed by atoms with Crippen molar-refractivity contribution in [1.82, 2.24) is 0 Å². The van der Waals surface area contributed by atoms with E-state index in [4.69, 9.17) is 0 Å². The summed E-state index contributed by atoms with van der Waals surface area (Å²) in [5.41, 5.74) is 0.272. The molecule has 0 saturated carbocycles. The summed E-state index contributed by atoms with van der Waals surface area (Å²) in [6, 6.07) is 5.25. The molecule has 0 aliphatic rings. The van der Waals surface area contributed by atoms with Gasteiger partial charge in [0.05, 0.1) is 0 Å². The van der Waals surface area contributed by atoms with E-state index >= 15 is 0 Å². The standard InChI is InChI=1S/C10H5Br2F3S/c11-7-3-1-2-5-6(4-16-8(5)7)9(12)10(13,14)15/h1-4,9H. The van der Waals surface area contributed by atoms with E-state index < -0.39 is 11.0 Å². The van der Waals surface area contributed by atoms with Crippen LogP contribution in [0.3, 0.4) is 0 Å². The lowest BCUT2D eigenvalue weighted by atomic mass is 10.1. The maximum Gasteiger partial charge on any atom is 0.405 e. The summed E-state index contributed by atoms with van der Waals surface area (Å²) in [4.78, 5) is -1.61. The summed E-state index contributed by atoms with van der Waals surface area (Å²) in [6.45, 7) is 0. The number of hydrogen-bond acceptors (Lipinski definition) is 1. The molecule has 1 aromatic heterocycles. The maximum absolute atomic E-state index is 12.6. The van der Waals surface area contributed by atoms with Crippen molar-refractivity contribution in [3.63, 3.8) is 0 Å². The van der Waals surface area contributed by atoms with Crippen LogP contribution in [0.4, 0.5) is 13.2 Å². The van der Waals surface area contributed by atoms with Gasteiger partial charge in [0.2, 0.25) is 0 Å². The van der Waals surface area contributed by atoms with Crippen LogP contribution in [0.25, 0.3) is 10.1 Å². The molecule has 0 fully saturated rings. The number of rotatable bonds is 1. The Morgan fingerprint density at radius 3 is 2.56 bits per heavy atom. The number of halogens is 5. The van der Waals surface area contributed by atoms with Crippen molar-refractivity contribution in [3.05, 3.63) is 33.6 Å². The van der Waals surface area contributed by atoms with Gasteiger partial charge in [-0.2, -0.15) is 13.2 Å². The zero-order valence-corrected chi connectivity index (χ0v) is 11.7. The Morgan fingerprint density at radius 1 is 1.25 bits per heavy atom. The summed E-state index contributed by atoms with van der Waals surface area (Å²) >= 11 is 7.33. The van der Waals surface area contributed by atoms with Gasteiger partial charge in [-0.15, -0.1) is 11.3 Å². The van der Waals surface area contributed by atoms with Crippen LogP contribution in [-0.2, 0) is 0 Å². The Labute approximate surface area is 111 Å². The topological polar surface area (TPSA) is 0 Å². The Balaban J connectivity index is 2.59. The smallest absolute Gasteiger partial charge is 0.169 e. The predicted octanol–water partition coefficient (Wildman–Crippen LogP) is 5.66. The second-order valence-electron chi connectivity index (χ2n) is 3.21. The second-order valence-corrected chi connectivity index (χ2v) is 5.86. The largest absolute Gasteiger partial charge is 0.405 e. The Morgan fingerprint density at radius 2 is 1.94 bits per heavy atom. The van der Waals surface area contributed by atoms with Gasteiger partial charge in [0, 0.05) is 9.17 Å². The molecule has 0 saturated heterocycles. The lowest BCUT2D eigenvalue weighted by Crippen LogP contribution is -2.14. The molecule has 0 bridgehead atoms. The molecule has 0 amide bonds. The Hall–Kier alpha value is -0.0700. The average Bonchev–Trinajstić information content (AvgIpc) is 2.60. The molecule has 0 nitrogen and oxygen atoms in total. The van der Waals surface area contributed by atoms with Crippen LogP contribution in [0.2, 0.25) is 0 Å². The van der Waals surface area contributed by atoms with E-state index in [2.05, 4.69) is 31.9 Å². The van der Waals surface area contributed by atoms with Gasteiger partial charge in [-0.1, -0.05) is 28.1 Å². The number of fused-ring (bicyclic) bond motifs is 1. The number of hydrogen-bond donors (Lipinski definition) is 0. The molecular weight excluding hydrogens is 369 g/mol. The van der Waals surface area contributed by atoms with Crippen molar-refractivity contribution in [2.75, 3.05) is 0 Å². The zero-order valence-electron chi connectivity index (χ0n) is 7.68. The van der Waals surface area contributed by atoms with E-state index in [0.29, 0.717) is 5.39 Å². The molecule has 6 heteroatoms. The molecular formula is C10H5Br2F3S. The monoisotopic (exact) mass is 372 g/mol. The van der Waals surface area contributed by atoms with Crippen molar-refractivity contribution in [2.45, 2.75) is 11.0 Å². The minimum Gasteiger partial charge on any atom is -0.169 e. The van der Waals surface area contributed by atoms with Crippen molar-refractivity contribution >= 4 is 53.3 Å². The summed E-state index contributed by atoms with van der Waals surface area (Å²) < 4.78 is 39.4. The first-order valence-electron chi connectivity index (χ1n) is 4.27. The molecule has 0 radical (unpaired) electrons. The van der Waals surface area contributed by atoms with Crippen molar-refractivity contribution < 1.29 is 13.2 Å². The number of alkyl halides is 4. The predicted molar refractivity (Wildman–Crippen MR) is 67.2 cm³/mol. The van der Waals surface area contributed by atoms with Crippen LogP contribution < -0.4 is 0 Å². The second kappa shape index (κ2) is 4.31. The van der Waals surface area contributed by atoms with Gasteiger partial charge in [-0.05, 0) is 38.3 Å². The maximum atomic E-state index is 12.6. The molecule has 16 heavy (non-hydrogen) atoms. The van der Waals surface area contributed by atoms with E-state index in [9.17, 15) is 13.2 Å². The summed E-state index contributed by atoms with van der Waals surface area (Å²) in [5, 5.41) is 2.18. The number of thiophene rings is 1. The minimum absolute atomic E-state index is 0.272. The van der Waals surface area contributed by atoms with Crippen molar-refractivity contribution in [1.29, 1.82) is 0 Å². The first-order valence-corrected chi connectivity index (χ1v) is 6.86. The van der Waals surface area contributed by atoms with Crippen molar-refractivity contribution in [3.8, 4) is 0 Å². The van der Waals surface area contributed by atoms with E-state index in [1.54, 1.807) is 17.5 Å². The van der Waals surface area contributed by atoms with Crippen molar-refractivity contribution in [2.24, 2.45) is 0 Å². The van der Waals surface area contributed by atoms with Crippen LogP contribution in [0.5, 0.6) is 0 Å². The molecule has 2 aromatic rings. The normalized spacial score (nSPS) is 14.3. The van der Waals surface area contributed by atoms with E-state index in [1.165, 1.54) is 11.3 Å². The Kier molecular flexibility index (Phi) is 3.34. The molecule has 0 N–H and O–H groups in total. The third-order valence-electron chi connectivity index (χ3n) is 2.14. The van der Waals surface area contributed by atoms with Gasteiger partial charge in [0.1, 0.15) is 4.83 Å². The number of benzene rings is 1. The van der Waals surface area contributed by atoms with Crippen LogP contribution in [0.1, 0.15) is 10.4 Å². The molecule has 1 atom stereocenters. The molecule has 1 aromatic carbocycles. The van der Waals surface area contributed by atoms with Gasteiger partial charge >= 0.3 is 6.18 Å². The van der Waals surface area contributed by atoms with Gasteiger partial charge in [-0.3, -0.25) is 0 Å². The highest BCUT2D eigenvalue weighted by Gasteiger charge is 2.40. The highest BCUT2D eigenvalue weighted by molar-refractivity contribution is 9.10. The molecule has 0 aliphatic heterocycles.